The summed E-state index contributed by atoms with van der Waals surface area (Å²) in [4.78, 5) is 0. The van der Waals surface area contributed by atoms with E-state index in [-0.39, 0.29) is 12.0 Å². The topological polar surface area (TPSA) is 32.3 Å². The minimum Gasteiger partial charge on any atom is -0.396 e. The Kier molecular flexibility index (Phi) is 6.48. The summed E-state index contributed by atoms with van der Waals surface area (Å²) in [6, 6.07) is 8.43. The smallest absolute Gasteiger partial charge is 0.0447 e. The molecule has 24 heavy (non-hydrogen) atoms. The van der Waals surface area contributed by atoms with Crippen LogP contribution >= 0.6 is 0 Å². The van der Waals surface area contributed by atoms with E-state index in [1.165, 1.54) is 18.4 Å². The molecule has 1 aliphatic carbocycles. The molecular formula is C22H31NO. The maximum Gasteiger partial charge on any atom is 0.0447 e. The standard InChI is InChI=1S/C22H31NO/c1-4-10-22(14-12-21(2,3)13-15-22)11-9-19-7-5-8-20(18-19)23-16-6-17-24/h5,7-11,18,23-24H,1,6,12-17H2,2-3H3. The molecule has 2 nitrogen and oxygen atoms in total. The van der Waals surface area contributed by atoms with Gasteiger partial charge in [-0.05, 0) is 61.3 Å². The van der Waals surface area contributed by atoms with Gasteiger partial charge in [-0.3, -0.25) is 0 Å². The van der Waals surface area contributed by atoms with Crippen LogP contribution in [-0.2, 0) is 0 Å². The molecule has 1 aliphatic rings. The number of hydrogen-bond donors (Lipinski definition) is 2. The molecule has 0 aliphatic heterocycles. The maximum atomic E-state index is 8.88. The quantitative estimate of drug-likeness (QED) is 0.518. The van der Waals surface area contributed by atoms with Crippen LogP contribution in [0.4, 0.5) is 5.69 Å². The van der Waals surface area contributed by atoms with E-state index in [0.29, 0.717) is 5.41 Å². The zero-order valence-corrected chi connectivity index (χ0v) is 15.1. The molecule has 130 valence electrons. The van der Waals surface area contributed by atoms with Crippen LogP contribution in [0.5, 0.6) is 0 Å². The molecule has 0 aromatic heterocycles. The molecule has 0 spiro atoms. The molecule has 0 heterocycles. The highest BCUT2D eigenvalue weighted by Gasteiger charge is 2.34. The Balaban J connectivity index is 2.09. The molecule has 0 amide bonds. The van der Waals surface area contributed by atoms with Gasteiger partial charge in [-0.15, -0.1) is 5.73 Å². The molecule has 1 aromatic carbocycles. The number of benzene rings is 1. The minimum atomic E-state index is 0.0948. The van der Waals surface area contributed by atoms with Crippen molar-refractivity contribution >= 4 is 11.8 Å². The largest absolute Gasteiger partial charge is 0.396 e. The Bertz CT molecular complexity index is 598. The van der Waals surface area contributed by atoms with Crippen molar-refractivity contribution in [1.29, 1.82) is 0 Å². The van der Waals surface area contributed by atoms with Crippen molar-refractivity contribution in [3.63, 3.8) is 0 Å². The first kappa shape index (κ1) is 18.6. The normalized spacial score (nSPS) is 19.0. The van der Waals surface area contributed by atoms with Crippen molar-refractivity contribution in [1.82, 2.24) is 0 Å². The number of aliphatic hydroxyl groups is 1. The molecule has 0 radical (unpaired) electrons. The molecule has 0 atom stereocenters. The second-order valence-electron chi connectivity index (χ2n) is 7.71. The Morgan fingerprint density at radius 2 is 2.00 bits per heavy atom. The van der Waals surface area contributed by atoms with E-state index in [1.54, 1.807) is 0 Å². The summed E-state index contributed by atoms with van der Waals surface area (Å²) in [6.07, 6.45) is 12.3. The highest BCUT2D eigenvalue weighted by Crippen LogP contribution is 2.46. The Hall–Kier alpha value is -1.76. The van der Waals surface area contributed by atoms with Gasteiger partial charge in [0.15, 0.2) is 0 Å². The van der Waals surface area contributed by atoms with Crippen LogP contribution in [0, 0.1) is 10.8 Å². The average Bonchev–Trinajstić information content (AvgIpc) is 2.57. The second-order valence-corrected chi connectivity index (χ2v) is 7.71. The summed E-state index contributed by atoms with van der Waals surface area (Å²) in [5.41, 5.74) is 5.87. The van der Waals surface area contributed by atoms with Gasteiger partial charge in [-0.25, -0.2) is 0 Å². The van der Waals surface area contributed by atoms with Crippen molar-refractivity contribution in [3.8, 4) is 0 Å². The summed E-state index contributed by atoms with van der Waals surface area (Å²) in [6.45, 7) is 9.54. The van der Waals surface area contributed by atoms with E-state index in [0.717, 1.165) is 31.5 Å². The molecule has 2 rings (SSSR count). The molecular weight excluding hydrogens is 294 g/mol. The van der Waals surface area contributed by atoms with Crippen molar-refractivity contribution in [3.05, 3.63) is 54.3 Å². The Morgan fingerprint density at radius 1 is 1.25 bits per heavy atom. The third kappa shape index (κ3) is 5.40. The Labute approximate surface area is 147 Å². The van der Waals surface area contributed by atoms with Crippen LogP contribution in [0.25, 0.3) is 6.08 Å². The molecule has 1 aromatic rings. The van der Waals surface area contributed by atoms with Gasteiger partial charge in [-0.1, -0.05) is 44.7 Å². The van der Waals surface area contributed by atoms with Gasteiger partial charge >= 0.3 is 0 Å². The summed E-state index contributed by atoms with van der Waals surface area (Å²) in [5.74, 6) is 0. The number of hydrogen-bond acceptors (Lipinski definition) is 2. The highest BCUT2D eigenvalue weighted by atomic mass is 16.3. The zero-order chi connectivity index (χ0) is 17.5. The highest BCUT2D eigenvalue weighted by molar-refractivity contribution is 5.58. The third-order valence-corrected chi connectivity index (χ3v) is 5.08. The minimum absolute atomic E-state index is 0.0948. The van der Waals surface area contributed by atoms with E-state index < -0.39 is 0 Å². The van der Waals surface area contributed by atoms with Gasteiger partial charge in [0.2, 0.25) is 0 Å². The number of aliphatic hydroxyl groups excluding tert-OH is 1. The number of allylic oxidation sites excluding steroid dienone is 2. The zero-order valence-electron chi connectivity index (χ0n) is 15.1. The van der Waals surface area contributed by atoms with E-state index in [9.17, 15) is 0 Å². The van der Waals surface area contributed by atoms with Crippen LogP contribution in [0.15, 0.2) is 48.7 Å². The van der Waals surface area contributed by atoms with Crippen molar-refractivity contribution in [2.45, 2.75) is 46.0 Å². The lowest BCUT2D eigenvalue weighted by atomic mass is 9.65. The third-order valence-electron chi connectivity index (χ3n) is 5.08. The molecule has 0 bridgehead atoms. The summed E-state index contributed by atoms with van der Waals surface area (Å²) < 4.78 is 0. The van der Waals surface area contributed by atoms with Crippen LogP contribution in [0.2, 0.25) is 0 Å². The fourth-order valence-corrected chi connectivity index (χ4v) is 3.28. The van der Waals surface area contributed by atoms with Gasteiger partial charge in [-0.2, -0.15) is 0 Å². The van der Waals surface area contributed by atoms with Crippen molar-refractivity contribution in [2.24, 2.45) is 10.8 Å². The predicted molar refractivity (Wildman–Crippen MR) is 104 cm³/mol. The number of anilines is 1. The second kappa shape index (κ2) is 8.37. The fourth-order valence-electron chi connectivity index (χ4n) is 3.28. The molecule has 2 N–H and O–H groups in total. The van der Waals surface area contributed by atoms with E-state index in [1.807, 2.05) is 0 Å². The lowest BCUT2D eigenvalue weighted by Gasteiger charge is -2.40. The van der Waals surface area contributed by atoms with Crippen molar-refractivity contribution < 1.29 is 5.11 Å². The van der Waals surface area contributed by atoms with Crippen molar-refractivity contribution in [2.75, 3.05) is 18.5 Å². The fraction of sp³-hybridized carbons (Fsp3) is 0.500. The van der Waals surface area contributed by atoms with Crippen LogP contribution in [-0.4, -0.2) is 18.3 Å². The summed E-state index contributed by atoms with van der Waals surface area (Å²) in [7, 11) is 0. The van der Waals surface area contributed by atoms with E-state index in [4.69, 9.17) is 5.11 Å². The van der Waals surface area contributed by atoms with Crippen LogP contribution in [0.3, 0.4) is 0 Å². The molecule has 0 unspecified atom stereocenters. The van der Waals surface area contributed by atoms with Gasteiger partial charge in [0, 0.05) is 24.3 Å². The first-order valence-electron chi connectivity index (χ1n) is 9.00. The summed E-state index contributed by atoms with van der Waals surface area (Å²) >= 11 is 0. The first-order valence-corrected chi connectivity index (χ1v) is 9.00. The van der Waals surface area contributed by atoms with Crippen LogP contribution in [0.1, 0.15) is 51.5 Å². The SMILES string of the molecule is C=C=CC1(C=Cc2cccc(NCCCO)c2)CCC(C)(C)CC1. The van der Waals surface area contributed by atoms with Crippen LogP contribution < -0.4 is 5.32 Å². The molecule has 2 heteroatoms. The van der Waals surface area contributed by atoms with Gasteiger partial charge in [0.1, 0.15) is 0 Å². The lowest BCUT2D eigenvalue weighted by Crippen LogP contribution is -2.28. The molecule has 1 fully saturated rings. The van der Waals surface area contributed by atoms with E-state index in [2.05, 4.69) is 74.0 Å². The van der Waals surface area contributed by atoms with Gasteiger partial charge < -0.3 is 10.4 Å². The molecule has 0 saturated heterocycles. The first-order chi connectivity index (χ1) is 11.5. The summed E-state index contributed by atoms with van der Waals surface area (Å²) in [5, 5.41) is 12.2. The average molecular weight is 325 g/mol. The lowest BCUT2D eigenvalue weighted by molar-refractivity contribution is 0.174. The molecule has 1 saturated carbocycles. The Morgan fingerprint density at radius 3 is 2.67 bits per heavy atom. The van der Waals surface area contributed by atoms with Gasteiger partial charge in [0.05, 0.1) is 0 Å². The van der Waals surface area contributed by atoms with Gasteiger partial charge in [0.25, 0.3) is 0 Å². The number of nitrogens with one attached hydrogen (secondary N) is 1. The maximum absolute atomic E-state index is 8.88. The van der Waals surface area contributed by atoms with E-state index >= 15 is 0 Å². The number of rotatable bonds is 7. The monoisotopic (exact) mass is 325 g/mol. The predicted octanol–water partition coefficient (Wildman–Crippen LogP) is 5.42.